The maximum atomic E-state index is 13.6. The smallest absolute Gasteiger partial charge is 0.335 e. The van der Waals surface area contributed by atoms with Crippen molar-refractivity contribution in [2.24, 2.45) is 0 Å². The first-order valence-electron chi connectivity index (χ1n) is 5.55. The molecule has 92 valence electrons. The lowest BCUT2D eigenvalue weighted by molar-refractivity contribution is -0.0620. The molecule has 1 aliphatic heterocycles. The number of nitrogens with zero attached hydrogens (tertiary/aromatic N) is 1. The van der Waals surface area contributed by atoms with Gasteiger partial charge >= 0.3 is 5.97 Å². The molecule has 5 heteroatoms. The van der Waals surface area contributed by atoms with Gasteiger partial charge in [0.2, 0.25) is 0 Å². The summed E-state index contributed by atoms with van der Waals surface area (Å²) in [4.78, 5) is 12.2. The minimum absolute atomic E-state index is 0.161. The molecule has 1 N–H and O–H groups in total. The van der Waals surface area contributed by atoms with Gasteiger partial charge in [-0.2, -0.15) is 4.39 Å². The van der Waals surface area contributed by atoms with Gasteiger partial charge in [-0.1, -0.05) is 0 Å². The Bertz CT molecular complexity index is 387. The molecule has 1 saturated heterocycles. The zero-order chi connectivity index (χ0) is 12.3. The van der Waals surface area contributed by atoms with Crippen molar-refractivity contribution in [3.63, 3.8) is 0 Å². The third-order valence-corrected chi connectivity index (χ3v) is 2.76. The van der Waals surface area contributed by atoms with Crippen LogP contribution in [0.5, 0.6) is 5.75 Å². The molecule has 0 aromatic heterocycles. The Morgan fingerprint density at radius 1 is 1.29 bits per heavy atom. The SMILES string of the molecule is O=C(O)c1ccc(OC(F)N2CCCC2)cc1. The van der Waals surface area contributed by atoms with Gasteiger partial charge in [-0.25, -0.2) is 9.69 Å². The lowest BCUT2D eigenvalue weighted by Gasteiger charge is -2.20. The Balaban J connectivity index is 1.96. The molecule has 1 atom stereocenters. The molecule has 0 aliphatic carbocycles. The first-order valence-corrected chi connectivity index (χ1v) is 5.55. The number of likely N-dealkylation sites (tertiary alicyclic amines) is 1. The first kappa shape index (κ1) is 11.9. The number of carbonyl (C=O) groups is 1. The molecule has 4 nitrogen and oxygen atoms in total. The summed E-state index contributed by atoms with van der Waals surface area (Å²) in [6, 6.07) is 5.72. The fourth-order valence-electron chi connectivity index (χ4n) is 1.81. The van der Waals surface area contributed by atoms with E-state index in [-0.39, 0.29) is 5.56 Å². The van der Waals surface area contributed by atoms with Gasteiger partial charge < -0.3 is 9.84 Å². The predicted octanol–water partition coefficient (Wildman–Crippen LogP) is 2.11. The monoisotopic (exact) mass is 239 g/mol. The Hall–Kier alpha value is -1.62. The highest BCUT2D eigenvalue weighted by molar-refractivity contribution is 5.87. The second-order valence-electron chi connectivity index (χ2n) is 3.98. The molecule has 17 heavy (non-hydrogen) atoms. The van der Waals surface area contributed by atoms with Crippen LogP contribution in [0.1, 0.15) is 23.2 Å². The number of alkyl halides is 1. The van der Waals surface area contributed by atoms with E-state index in [1.165, 1.54) is 24.3 Å². The van der Waals surface area contributed by atoms with E-state index in [0.29, 0.717) is 18.8 Å². The summed E-state index contributed by atoms with van der Waals surface area (Å²) in [5, 5.41) is 8.71. The van der Waals surface area contributed by atoms with Gasteiger partial charge in [-0.15, -0.1) is 0 Å². The van der Waals surface area contributed by atoms with Crippen LogP contribution >= 0.6 is 0 Å². The number of rotatable bonds is 4. The molecule has 1 heterocycles. The third kappa shape index (κ3) is 2.94. The van der Waals surface area contributed by atoms with Gasteiger partial charge in [0.15, 0.2) is 0 Å². The zero-order valence-corrected chi connectivity index (χ0v) is 9.30. The quantitative estimate of drug-likeness (QED) is 0.817. The van der Waals surface area contributed by atoms with E-state index in [1.807, 2.05) is 0 Å². The largest absolute Gasteiger partial charge is 0.478 e. The van der Waals surface area contributed by atoms with Gasteiger partial charge in [-0.05, 0) is 37.1 Å². The van der Waals surface area contributed by atoms with Crippen LogP contribution in [0.25, 0.3) is 0 Å². The van der Waals surface area contributed by atoms with Crippen molar-refractivity contribution < 1.29 is 19.0 Å². The van der Waals surface area contributed by atoms with Gasteiger partial charge in [0, 0.05) is 13.1 Å². The second kappa shape index (κ2) is 5.14. The normalized spacial score (nSPS) is 17.9. The van der Waals surface area contributed by atoms with Crippen LogP contribution in [0, 0.1) is 0 Å². The number of hydrogen-bond acceptors (Lipinski definition) is 3. The minimum atomic E-state index is -1.45. The molecule has 1 aromatic rings. The van der Waals surface area contributed by atoms with Crippen molar-refractivity contribution in [2.75, 3.05) is 13.1 Å². The number of ether oxygens (including phenoxy) is 1. The van der Waals surface area contributed by atoms with Gasteiger partial charge in [0.25, 0.3) is 6.48 Å². The summed E-state index contributed by atoms with van der Waals surface area (Å²) in [6.07, 6.45) is 1.98. The molecule has 0 radical (unpaired) electrons. The maximum absolute atomic E-state index is 13.6. The fourth-order valence-corrected chi connectivity index (χ4v) is 1.81. The highest BCUT2D eigenvalue weighted by Crippen LogP contribution is 2.18. The van der Waals surface area contributed by atoms with Crippen LogP contribution in [0.4, 0.5) is 4.39 Å². The van der Waals surface area contributed by atoms with Crippen molar-refractivity contribution >= 4 is 5.97 Å². The summed E-state index contributed by atoms with van der Waals surface area (Å²) in [5.41, 5.74) is 0.161. The zero-order valence-electron chi connectivity index (χ0n) is 9.30. The molecule has 2 rings (SSSR count). The van der Waals surface area contributed by atoms with Gasteiger partial charge in [-0.3, -0.25) is 0 Å². The number of halogens is 1. The van der Waals surface area contributed by atoms with Gasteiger partial charge in [0.05, 0.1) is 5.56 Å². The van der Waals surface area contributed by atoms with Crippen LogP contribution in [0.3, 0.4) is 0 Å². The number of benzene rings is 1. The Morgan fingerprint density at radius 2 is 1.88 bits per heavy atom. The summed E-state index contributed by atoms with van der Waals surface area (Å²) < 4.78 is 18.7. The van der Waals surface area contributed by atoms with Crippen LogP contribution < -0.4 is 4.74 Å². The molecule has 1 fully saturated rings. The van der Waals surface area contributed by atoms with E-state index in [2.05, 4.69) is 0 Å². The lowest BCUT2D eigenvalue weighted by Crippen LogP contribution is -2.33. The standard InChI is InChI=1S/C12H14FNO3/c13-12(14-7-1-2-8-14)17-10-5-3-9(4-6-10)11(15)16/h3-6,12H,1-2,7-8H2,(H,15,16). The van der Waals surface area contributed by atoms with Crippen LogP contribution in [0.15, 0.2) is 24.3 Å². The van der Waals surface area contributed by atoms with Crippen LogP contribution in [0.2, 0.25) is 0 Å². The molecule has 1 unspecified atom stereocenters. The van der Waals surface area contributed by atoms with E-state index >= 15 is 0 Å². The van der Waals surface area contributed by atoms with Crippen LogP contribution in [-0.4, -0.2) is 35.5 Å². The highest BCUT2D eigenvalue weighted by Gasteiger charge is 2.22. The predicted molar refractivity (Wildman–Crippen MR) is 59.7 cm³/mol. The van der Waals surface area contributed by atoms with E-state index < -0.39 is 12.5 Å². The highest BCUT2D eigenvalue weighted by atomic mass is 19.1. The molecular formula is C12H14FNO3. The minimum Gasteiger partial charge on any atom is -0.478 e. The van der Waals surface area contributed by atoms with Crippen molar-refractivity contribution in [1.29, 1.82) is 0 Å². The van der Waals surface area contributed by atoms with Crippen molar-refractivity contribution in [3.8, 4) is 5.75 Å². The number of carboxylic acids is 1. The number of hydrogen-bond donors (Lipinski definition) is 1. The molecule has 0 amide bonds. The number of carboxylic acid groups (broad SMARTS) is 1. The summed E-state index contributed by atoms with van der Waals surface area (Å²) >= 11 is 0. The first-order chi connectivity index (χ1) is 8.16. The van der Waals surface area contributed by atoms with Gasteiger partial charge in [0.1, 0.15) is 5.75 Å². The van der Waals surface area contributed by atoms with E-state index in [1.54, 1.807) is 4.90 Å². The Morgan fingerprint density at radius 3 is 2.41 bits per heavy atom. The van der Waals surface area contributed by atoms with E-state index in [0.717, 1.165) is 12.8 Å². The Kier molecular flexibility index (Phi) is 3.58. The third-order valence-electron chi connectivity index (χ3n) is 2.76. The Labute approximate surface area is 98.6 Å². The summed E-state index contributed by atoms with van der Waals surface area (Å²) in [5.74, 6) is -0.665. The van der Waals surface area contributed by atoms with Crippen molar-refractivity contribution in [3.05, 3.63) is 29.8 Å². The lowest BCUT2D eigenvalue weighted by atomic mass is 10.2. The molecule has 0 spiro atoms. The molecule has 1 aromatic carbocycles. The maximum Gasteiger partial charge on any atom is 0.335 e. The molecular weight excluding hydrogens is 225 g/mol. The van der Waals surface area contributed by atoms with E-state index in [4.69, 9.17) is 9.84 Å². The average Bonchev–Trinajstić information content (AvgIpc) is 2.83. The fraction of sp³-hybridized carbons (Fsp3) is 0.417. The summed E-state index contributed by atoms with van der Waals surface area (Å²) in [6.45, 7) is -0.0453. The summed E-state index contributed by atoms with van der Waals surface area (Å²) in [7, 11) is 0. The molecule has 1 aliphatic rings. The van der Waals surface area contributed by atoms with E-state index in [9.17, 15) is 9.18 Å². The average molecular weight is 239 g/mol. The molecule has 0 saturated carbocycles. The van der Waals surface area contributed by atoms with Crippen molar-refractivity contribution in [2.45, 2.75) is 19.3 Å². The van der Waals surface area contributed by atoms with Crippen LogP contribution in [-0.2, 0) is 0 Å². The topological polar surface area (TPSA) is 49.8 Å². The molecule has 0 bridgehead atoms. The van der Waals surface area contributed by atoms with Crippen molar-refractivity contribution in [1.82, 2.24) is 4.90 Å². The second-order valence-corrected chi connectivity index (χ2v) is 3.98. The number of aromatic carboxylic acids is 1.